The molecule has 4 heteroatoms. The zero-order valence-corrected chi connectivity index (χ0v) is 11.2. The molecular weight excluding hydrogens is 254 g/mol. The van der Waals surface area contributed by atoms with Crippen LogP contribution in [0, 0.1) is 5.92 Å². The van der Waals surface area contributed by atoms with Crippen LogP contribution in [0.2, 0.25) is 0 Å². The van der Waals surface area contributed by atoms with Gasteiger partial charge < -0.3 is 5.32 Å². The van der Waals surface area contributed by atoms with Gasteiger partial charge in [-0.25, -0.2) is 9.97 Å². The number of hydrogen-bond donors (Lipinski definition) is 1. The molecular formula is C11H18BrN3. The zero-order chi connectivity index (χ0) is 11.4. The lowest BCUT2D eigenvalue weighted by Gasteiger charge is -2.25. The highest BCUT2D eigenvalue weighted by Gasteiger charge is 2.23. The molecule has 3 nitrogen and oxygen atoms in total. The number of aromatic nitrogens is 2. The molecule has 0 saturated carbocycles. The average molecular weight is 272 g/mol. The maximum Gasteiger partial charge on any atom is 0.133 e. The van der Waals surface area contributed by atoms with E-state index < -0.39 is 0 Å². The molecule has 0 saturated heterocycles. The second kappa shape index (κ2) is 5.56. The van der Waals surface area contributed by atoms with Gasteiger partial charge in [0.05, 0.1) is 4.47 Å². The summed E-state index contributed by atoms with van der Waals surface area (Å²) < 4.78 is 0.922. The molecule has 84 valence electrons. The maximum absolute atomic E-state index is 4.37. The van der Waals surface area contributed by atoms with Crippen LogP contribution in [0.4, 0.5) is 0 Å². The van der Waals surface area contributed by atoms with Crippen molar-refractivity contribution in [1.29, 1.82) is 0 Å². The monoisotopic (exact) mass is 271 g/mol. The third kappa shape index (κ3) is 3.24. The van der Waals surface area contributed by atoms with E-state index in [2.05, 4.69) is 52.0 Å². The molecule has 0 spiro atoms. The normalized spacial score (nSPS) is 15.3. The molecule has 0 fully saturated rings. The van der Waals surface area contributed by atoms with Gasteiger partial charge in [0, 0.05) is 24.4 Å². The predicted octanol–water partition coefficient (Wildman–Crippen LogP) is 2.59. The average Bonchev–Trinajstić information content (AvgIpc) is 2.20. The van der Waals surface area contributed by atoms with Crippen LogP contribution >= 0.6 is 15.9 Å². The van der Waals surface area contributed by atoms with E-state index in [9.17, 15) is 0 Å². The molecule has 0 aliphatic heterocycles. The van der Waals surface area contributed by atoms with Crippen LogP contribution < -0.4 is 5.32 Å². The van der Waals surface area contributed by atoms with Gasteiger partial charge in [0.25, 0.3) is 0 Å². The predicted molar refractivity (Wildman–Crippen MR) is 65.8 cm³/mol. The van der Waals surface area contributed by atoms with Gasteiger partial charge in [-0.1, -0.05) is 13.8 Å². The standard InChI is InChI=1S/C11H18BrN3/c1-7(2)10(8(3)13-4)11-14-5-9(12)6-15-11/h5-8,10,13H,1-4H3. The molecule has 0 radical (unpaired) electrons. The number of nitrogens with zero attached hydrogens (tertiary/aromatic N) is 2. The van der Waals surface area contributed by atoms with Crippen molar-refractivity contribution in [2.75, 3.05) is 7.05 Å². The van der Waals surface area contributed by atoms with E-state index in [-0.39, 0.29) is 0 Å². The fourth-order valence-electron chi connectivity index (χ4n) is 1.77. The van der Waals surface area contributed by atoms with Crippen molar-refractivity contribution in [2.45, 2.75) is 32.7 Å². The van der Waals surface area contributed by atoms with Gasteiger partial charge in [0.15, 0.2) is 0 Å². The van der Waals surface area contributed by atoms with Crippen molar-refractivity contribution >= 4 is 15.9 Å². The molecule has 1 rings (SSSR count). The molecule has 0 aliphatic carbocycles. The van der Waals surface area contributed by atoms with Gasteiger partial charge in [-0.15, -0.1) is 0 Å². The quantitative estimate of drug-likeness (QED) is 0.915. The Balaban J connectivity index is 2.94. The largest absolute Gasteiger partial charge is 0.317 e. The van der Waals surface area contributed by atoms with Gasteiger partial charge in [0.2, 0.25) is 0 Å². The fraction of sp³-hybridized carbons (Fsp3) is 0.636. The van der Waals surface area contributed by atoms with Crippen LogP contribution in [-0.4, -0.2) is 23.1 Å². The summed E-state index contributed by atoms with van der Waals surface area (Å²) in [7, 11) is 1.97. The Morgan fingerprint density at radius 1 is 1.20 bits per heavy atom. The molecule has 1 aromatic rings. The van der Waals surface area contributed by atoms with E-state index in [1.165, 1.54) is 0 Å². The maximum atomic E-state index is 4.37. The minimum Gasteiger partial charge on any atom is -0.317 e. The third-order valence-corrected chi connectivity index (χ3v) is 3.06. The van der Waals surface area contributed by atoms with Crippen LogP contribution in [0.5, 0.6) is 0 Å². The molecule has 2 unspecified atom stereocenters. The van der Waals surface area contributed by atoms with Crippen molar-refractivity contribution in [1.82, 2.24) is 15.3 Å². The fourth-order valence-corrected chi connectivity index (χ4v) is 1.98. The van der Waals surface area contributed by atoms with Gasteiger partial charge in [0.1, 0.15) is 5.82 Å². The highest BCUT2D eigenvalue weighted by atomic mass is 79.9. The first kappa shape index (κ1) is 12.6. The van der Waals surface area contributed by atoms with Crippen LogP contribution in [0.25, 0.3) is 0 Å². The summed E-state index contributed by atoms with van der Waals surface area (Å²) in [6.45, 7) is 6.56. The lowest BCUT2D eigenvalue weighted by atomic mass is 9.88. The van der Waals surface area contributed by atoms with Crippen LogP contribution in [0.15, 0.2) is 16.9 Å². The molecule has 0 aromatic carbocycles. The lowest BCUT2D eigenvalue weighted by Crippen LogP contribution is -2.33. The van der Waals surface area contributed by atoms with Gasteiger partial charge in [-0.3, -0.25) is 0 Å². The van der Waals surface area contributed by atoms with Crippen LogP contribution in [0.3, 0.4) is 0 Å². The molecule has 2 atom stereocenters. The van der Waals surface area contributed by atoms with Gasteiger partial charge in [-0.05, 0) is 35.8 Å². The first-order valence-electron chi connectivity index (χ1n) is 5.21. The molecule has 0 amide bonds. The Hall–Kier alpha value is -0.480. The molecule has 1 heterocycles. The summed E-state index contributed by atoms with van der Waals surface area (Å²) in [5, 5.41) is 3.27. The smallest absolute Gasteiger partial charge is 0.133 e. The van der Waals surface area contributed by atoms with Crippen molar-refractivity contribution in [3.8, 4) is 0 Å². The Kier molecular flexibility index (Phi) is 4.67. The molecule has 0 aliphatic rings. The summed E-state index contributed by atoms with van der Waals surface area (Å²) in [4.78, 5) is 8.74. The minimum atomic E-state index is 0.350. The SMILES string of the molecule is CNC(C)C(c1ncc(Br)cn1)C(C)C. The van der Waals surface area contributed by atoms with E-state index in [0.717, 1.165) is 10.3 Å². The first-order valence-corrected chi connectivity index (χ1v) is 6.00. The van der Waals surface area contributed by atoms with E-state index in [1.807, 2.05) is 7.05 Å². The molecule has 1 aromatic heterocycles. The van der Waals surface area contributed by atoms with Gasteiger partial charge >= 0.3 is 0 Å². The van der Waals surface area contributed by atoms with Gasteiger partial charge in [-0.2, -0.15) is 0 Å². The minimum absolute atomic E-state index is 0.350. The first-order chi connectivity index (χ1) is 7.06. The summed E-state index contributed by atoms with van der Waals surface area (Å²) >= 11 is 3.35. The molecule has 0 bridgehead atoms. The van der Waals surface area contributed by atoms with Crippen molar-refractivity contribution in [2.24, 2.45) is 5.92 Å². The van der Waals surface area contributed by atoms with Crippen LogP contribution in [0.1, 0.15) is 32.5 Å². The summed E-state index contributed by atoms with van der Waals surface area (Å²) in [5.74, 6) is 1.78. The summed E-state index contributed by atoms with van der Waals surface area (Å²) in [6.07, 6.45) is 3.61. The van der Waals surface area contributed by atoms with Crippen molar-refractivity contribution in [3.63, 3.8) is 0 Å². The Morgan fingerprint density at radius 3 is 2.13 bits per heavy atom. The van der Waals surface area contributed by atoms with E-state index >= 15 is 0 Å². The number of nitrogens with one attached hydrogen (secondary N) is 1. The third-order valence-electron chi connectivity index (χ3n) is 2.65. The Bertz CT molecular complexity index is 297. The van der Waals surface area contributed by atoms with E-state index in [1.54, 1.807) is 12.4 Å². The van der Waals surface area contributed by atoms with Crippen molar-refractivity contribution < 1.29 is 0 Å². The summed E-state index contributed by atoms with van der Waals surface area (Å²) in [6, 6.07) is 0.381. The number of halogens is 1. The topological polar surface area (TPSA) is 37.8 Å². The Morgan fingerprint density at radius 2 is 1.73 bits per heavy atom. The van der Waals surface area contributed by atoms with Crippen molar-refractivity contribution in [3.05, 3.63) is 22.7 Å². The number of hydrogen-bond acceptors (Lipinski definition) is 3. The van der Waals surface area contributed by atoms with E-state index in [0.29, 0.717) is 17.9 Å². The highest BCUT2D eigenvalue weighted by Crippen LogP contribution is 2.25. The second-order valence-electron chi connectivity index (χ2n) is 4.11. The second-order valence-corrected chi connectivity index (χ2v) is 5.02. The highest BCUT2D eigenvalue weighted by molar-refractivity contribution is 9.10. The summed E-state index contributed by atoms with van der Waals surface area (Å²) in [5.41, 5.74) is 0. The number of likely N-dealkylation sites (N-methyl/N-ethyl adjacent to an activating group) is 1. The van der Waals surface area contributed by atoms with Crippen LogP contribution in [-0.2, 0) is 0 Å². The Labute approximate surface area is 99.8 Å². The zero-order valence-electron chi connectivity index (χ0n) is 9.66. The number of rotatable bonds is 4. The lowest BCUT2D eigenvalue weighted by molar-refractivity contribution is 0.379. The molecule has 15 heavy (non-hydrogen) atoms. The molecule has 1 N–H and O–H groups in total. The van der Waals surface area contributed by atoms with E-state index in [4.69, 9.17) is 0 Å².